The van der Waals surface area contributed by atoms with E-state index in [1.54, 1.807) is 18.2 Å². The summed E-state index contributed by atoms with van der Waals surface area (Å²) in [6, 6.07) is 18.9. The molecule has 20 heavy (non-hydrogen) atoms. The lowest BCUT2D eigenvalue weighted by atomic mass is 10.1. The number of benzene rings is 2. The van der Waals surface area contributed by atoms with Gasteiger partial charge in [0.15, 0.2) is 5.76 Å². The first-order valence-electron chi connectivity index (χ1n) is 6.80. The first-order chi connectivity index (χ1) is 9.81. The Labute approximate surface area is 119 Å². The second-order valence-corrected chi connectivity index (χ2v) is 4.46. The summed E-state index contributed by atoms with van der Waals surface area (Å²) in [6.07, 6.45) is 2.67. The molecule has 0 aromatic heterocycles. The minimum Gasteiger partial charge on any atom is -0.489 e. The van der Waals surface area contributed by atoms with Gasteiger partial charge in [-0.3, -0.25) is 4.79 Å². The Balaban J connectivity index is 2.28. The largest absolute Gasteiger partial charge is 0.489 e. The summed E-state index contributed by atoms with van der Waals surface area (Å²) >= 11 is 0. The van der Waals surface area contributed by atoms with Crippen LogP contribution in [-0.4, -0.2) is 12.4 Å². The summed E-state index contributed by atoms with van der Waals surface area (Å²) in [6.45, 7) is 2.56. The predicted molar refractivity (Wildman–Crippen MR) is 81.4 cm³/mol. The summed E-state index contributed by atoms with van der Waals surface area (Å²) in [4.78, 5) is 12.5. The second kappa shape index (κ2) is 7.29. The molecule has 0 N–H and O–H groups in total. The van der Waals surface area contributed by atoms with E-state index in [1.165, 1.54) is 0 Å². The minimum atomic E-state index is -0.0806. The van der Waals surface area contributed by atoms with Crippen LogP contribution in [0.3, 0.4) is 0 Å². The highest BCUT2D eigenvalue weighted by Crippen LogP contribution is 2.14. The molecule has 2 nitrogen and oxygen atoms in total. The van der Waals surface area contributed by atoms with Crippen molar-refractivity contribution in [2.24, 2.45) is 0 Å². The number of hydrogen-bond acceptors (Lipinski definition) is 2. The summed E-state index contributed by atoms with van der Waals surface area (Å²) < 4.78 is 5.62. The summed E-state index contributed by atoms with van der Waals surface area (Å²) in [7, 11) is 0. The number of hydrogen-bond donors (Lipinski definition) is 0. The van der Waals surface area contributed by atoms with Crippen LogP contribution in [-0.2, 0) is 4.74 Å². The van der Waals surface area contributed by atoms with E-state index in [2.05, 4.69) is 0 Å². The molecule has 0 aliphatic carbocycles. The molecule has 2 heteroatoms. The van der Waals surface area contributed by atoms with Gasteiger partial charge in [-0.05, 0) is 18.1 Å². The number of carbonyl (C=O) groups excluding carboxylic acids is 1. The maximum absolute atomic E-state index is 12.5. The van der Waals surface area contributed by atoms with Gasteiger partial charge in [0.25, 0.3) is 0 Å². The van der Waals surface area contributed by atoms with Crippen molar-refractivity contribution < 1.29 is 9.53 Å². The van der Waals surface area contributed by atoms with E-state index in [1.807, 2.05) is 55.5 Å². The van der Waals surface area contributed by atoms with Gasteiger partial charge in [-0.2, -0.15) is 0 Å². The topological polar surface area (TPSA) is 26.3 Å². The molecule has 0 saturated carbocycles. The summed E-state index contributed by atoms with van der Waals surface area (Å²) in [5, 5.41) is 0. The first kappa shape index (κ1) is 14.1. The zero-order valence-corrected chi connectivity index (χ0v) is 11.6. The molecule has 0 spiro atoms. The molecule has 0 radical (unpaired) electrons. The molecule has 0 saturated heterocycles. The normalized spacial score (nSPS) is 11.2. The third-order valence-corrected chi connectivity index (χ3v) is 2.82. The number of Topliss-reactive ketones (excluding diaryl/α,β-unsaturated/α-hetero) is 1. The SMILES string of the molecule is CCCOC(=Cc1ccccc1)C(=O)c1ccccc1. The van der Waals surface area contributed by atoms with Crippen molar-refractivity contribution in [2.75, 3.05) is 6.61 Å². The molecule has 2 rings (SSSR count). The molecule has 102 valence electrons. The Morgan fingerprint density at radius 1 is 1.00 bits per heavy atom. The van der Waals surface area contributed by atoms with E-state index in [4.69, 9.17) is 4.74 Å². The third-order valence-electron chi connectivity index (χ3n) is 2.82. The van der Waals surface area contributed by atoms with Crippen LogP contribution in [0.1, 0.15) is 29.3 Å². The van der Waals surface area contributed by atoms with Crippen molar-refractivity contribution in [3.63, 3.8) is 0 Å². The Kier molecular flexibility index (Phi) is 5.13. The van der Waals surface area contributed by atoms with Crippen LogP contribution in [0.15, 0.2) is 66.4 Å². The predicted octanol–water partition coefficient (Wildman–Crippen LogP) is 4.34. The maximum Gasteiger partial charge on any atom is 0.227 e. The zero-order chi connectivity index (χ0) is 14.2. The van der Waals surface area contributed by atoms with Crippen molar-refractivity contribution >= 4 is 11.9 Å². The Hall–Kier alpha value is -2.35. The minimum absolute atomic E-state index is 0.0806. The van der Waals surface area contributed by atoms with Crippen LogP contribution >= 0.6 is 0 Å². The van der Waals surface area contributed by atoms with Crippen LogP contribution in [0.2, 0.25) is 0 Å². The number of ether oxygens (including phenoxy) is 1. The van der Waals surface area contributed by atoms with E-state index in [-0.39, 0.29) is 5.78 Å². The molecule has 2 aromatic rings. The average Bonchev–Trinajstić information content (AvgIpc) is 2.52. The molecule has 2 aromatic carbocycles. The van der Waals surface area contributed by atoms with Gasteiger partial charge in [-0.1, -0.05) is 67.6 Å². The number of carbonyl (C=O) groups is 1. The number of allylic oxidation sites excluding steroid dienone is 1. The third kappa shape index (κ3) is 3.82. The van der Waals surface area contributed by atoms with Crippen LogP contribution in [0.5, 0.6) is 0 Å². The van der Waals surface area contributed by atoms with Crippen LogP contribution in [0, 0.1) is 0 Å². The number of rotatable bonds is 6. The highest BCUT2D eigenvalue weighted by molar-refractivity contribution is 6.09. The fourth-order valence-electron chi connectivity index (χ4n) is 1.82. The van der Waals surface area contributed by atoms with Crippen LogP contribution in [0.25, 0.3) is 6.08 Å². The molecule has 0 aliphatic heterocycles. The smallest absolute Gasteiger partial charge is 0.227 e. The van der Waals surface area contributed by atoms with Gasteiger partial charge in [0.1, 0.15) is 0 Å². The van der Waals surface area contributed by atoms with E-state index >= 15 is 0 Å². The van der Waals surface area contributed by atoms with Crippen molar-refractivity contribution in [1.82, 2.24) is 0 Å². The van der Waals surface area contributed by atoms with E-state index in [0.717, 1.165) is 12.0 Å². The van der Waals surface area contributed by atoms with Gasteiger partial charge < -0.3 is 4.74 Å². The lowest BCUT2D eigenvalue weighted by molar-refractivity contribution is 0.0923. The second-order valence-electron chi connectivity index (χ2n) is 4.46. The van der Waals surface area contributed by atoms with E-state index < -0.39 is 0 Å². The summed E-state index contributed by atoms with van der Waals surface area (Å²) in [5.41, 5.74) is 1.61. The van der Waals surface area contributed by atoms with Crippen LogP contribution < -0.4 is 0 Å². The average molecular weight is 266 g/mol. The van der Waals surface area contributed by atoms with Gasteiger partial charge in [-0.25, -0.2) is 0 Å². The lowest BCUT2D eigenvalue weighted by Crippen LogP contribution is -2.07. The van der Waals surface area contributed by atoms with Gasteiger partial charge in [-0.15, -0.1) is 0 Å². The monoisotopic (exact) mass is 266 g/mol. The molecule has 0 aliphatic rings. The van der Waals surface area contributed by atoms with Crippen molar-refractivity contribution in [3.05, 3.63) is 77.5 Å². The summed E-state index contributed by atoms with van der Waals surface area (Å²) in [5.74, 6) is 0.312. The van der Waals surface area contributed by atoms with Crippen molar-refractivity contribution in [1.29, 1.82) is 0 Å². The van der Waals surface area contributed by atoms with Gasteiger partial charge >= 0.3 is 0 Å². The molecular weight excluding hydrogens is 248 g/mol. The fraction of sp³-hybridized carbons (Fsp3) is 0.167. The van der Waals surface area contributed by atoms with E-state index in [9.17, 15) is 4.79 Å². The van der Waals surface area contributed by atoms with Crippen molar-refractivity contribution in [3.8, 4) is 0 Å². The Morgan fingerprint density at radius 2 is 1.60 bits per heavy atom. The molecule has 0 fully saturated rings. The molecule has 0 heterocycles. The zero-order valence-electron chi connectivity index (χ0n) is 11.6. The van der Waals surface area contributed by atoms with Crippen LogP contribution in [0.4, 0.5) is 0 Å². The van der Waals surface area contributed by atoms with E-state index in [0.29, 0.717) is 17.9 Å². The molecular formula is C18H18O2. The Bertz CT molecular complexity index is 571. The van der Waals surface area contributed by atoms with Gasteiger partial charge in [0, 0.05) is 5.56 Å². The molecule has 0 atom stereocenters. The molecule has 0 unspecified atom stereocenters. The highest BCUT2D eigenvalue weighted by Gasteiger charge is 2.13. The molecule has 0 amide bonds. The first-order valence-corrected chi connectivity index (χ1v) is 6.80. The van der Waals surface area contributed by atoms with Crippen molar-refractivity contribution in [2.45, 2.75) is 13.3 Å². The van der Waals surface area contributed by atoms with Gasteiger partial charge in [0.05, 0.1) is 6.61 Å². The lowest BCUT2D eigenvalue weighted by Gasteiger charge is -2.09. The molecule has 0 bridgehead atoms. The fourth-order valence-corrected chi connectivity index (χ4v) is 1.82. The van der Waals surface area contributed by atoms with Gasteiger partial charge in [0.2, 0.25) is 5.78 Å². The highest BCUT2D eigenvalue weighted by atomic mass is 16.5. The number of ketones is 1. The maximum atomic E-state index is 12.5. The quantitative estimate of drug-likeness (QED) is 0.442. The Morgan fingerprint density at radius 3 is 2.20 bits per heavy atom. The standard InChI is InChI=1S/C18H18O2/c1-2-13-20-17(14-15-9-5-3-6-10-15)18(19)16-11-7-4-8-12-16/h3-12,14H,2,13H2,1H3.